The third kappa shape index (κ3) is 2.07. The summed E-state index contributed by atoms with van der Waals surface area (Å²) in [5.74, 6) is 2.00. The van der Waals surface area contributed by atoms with Crippen molar-refractivity contribution in [3.05, 3.63) is 30.1 Å². The molecule has 2 N–H and O–H groups in total. The van der Waals surface area contributed by atoms with Crippen molar-refractivity contribution in [3.8, 4) is 0 Å². The molecule has 1 aliphatic rings. The van der Waals surface area contributed by atoms with Gasteiger partial charge in [-0.2, -0.15) is 0 Å². The van der Waals surface area contributed by atoms with Crippen LogP contribution in [0.5, 0.6) is 0 Å². The summed E-state index contributed by atoms with van der Waals surface area (Å²) in [7, 11) is 0. The minimum Gasteiger partial charge on any atom is -0.330 e. The van der Waals surface area contributed by atoms with Gasteiger partial charge in [0.25, 0.3) is 0 Å². The van der Waals surface area contributed by atoms with Crippen LogP contribution in [0, 0.1) is 0 Å². The first-order valence-corrected chi connectivity index (χ1v) is 6.55. The first-order valence-electron chi connectivity index (χ1n) is 6.55. The van der Waals surface area contributed by atoms with Gasteiger partial charge in [-0.05, 0) is 44.4 Å². The average Bonchev–Trinajstić information content (AvgIpc) is 3.13. The van der Waals surface area contributed by atoms with Crippen LogP contribution >= 0.6 is 0 Å². The number of para-hydroxylation sites is 2. The highest BCUT2D eigenvalue weighted by Crippen LogP contribution is 2.40. The molecule has 3 heteroatoms. The second-order valence-electron chi connectivity index (χ2n) is 4.88. The average molecular weight is 229 g/mol. The number of unbranched alkanes of at least 4 members (excludes halogenated alkanes) is 1. The summed E-state index contributed by atoms with van der Waals surface area (Å²) in [6.07, 6.45) is 4.85. The molecule has 1 aromatic heterocycles. The SMILES string of the molecule is NCCCCn1c(C2CC2)nc2ccccc21. The predicted octanol–water partition coefficient (Wildman–Crippen LogP) is 2.65. The molecule has 0 aliphatic heterocycles. The molecule has 3 nitrogen and oxygen atoms in total. The van der Waals surface area contributed by atoms with Gasteiger partial charge in [-0.1, -0.05) is 12.1 Å². The predicted molar refractivity (Wildman–Crippen MR) is 70.0 cm³/mol. The number of benzene rings is 1. The van der Waals surface area contributed by atoms with Crippen LogP contribution in [0.25, 0.3) is 11.0 Å². The zero-order valence-corrected chi connectivity index (χ0v) is 10.1. The molecule has 90 valence electrons. The molecule has 17 heavy (non-hydrogen) atoms. The second kappa shape index (κ2) is 4.49. The Hall–Kier alpha value is -1.35. The number of hydrogen-bond acceptors (Lipinski definition) is 2. The highest BCUT2D eigenvalue weighted by Gasteiger charge is 2.29. The van der Waals surface area contributed by atoms with Gasteiger partial charge in [-0.25, -0.2) is 4.98 Å². The van der Waals surface area contributed by atoms with E-state index in [0.29, 0.717) is 5.92 Å². The fourth-order valence-electron chi connectivity index (χ4n) is 2.40. The van der Waals surface area contributed by atoms with Crippen molar-refractivity contribution in [2.45, 2.75) is 38.1 Å². The van der Waals surface area contributed by atoms with Gasteiger partial charge in [0.05, 0.1) is 11.0 Å². The Morgan fingerprint density at radius 2 is 2.06 bits per heavy atom. The van der Waals surface area contributed by atoms with Crippen LogP contribution in [0.4, 0.5) is 0 Å². The van der Waals surface area contributed by atoms with Crippen molar-refractivity contribution >= 4 is 11.0 Å². The lowest BCUT2D eigenvalue weighted by Crippen LogP contribution is -2.06. The number of nitrogens with two attached hydrogens (primary N) is 1. The van der Waals surface area contributed by atoms with Crippen molar-refractivity contribution in [1.29, 1.82) is 0 Å². The van der Waals surface area contributed by atoms with E-state index in [1.54, 1.807) is 0 Å². The third-order valence-corrected chi connectivity index (χ3v) is 3.46. The Labute approximate surface area is 102 Å². The minimum absolute atomic E-state index is 0.709. The molecule has 0 bridgehead atoms. The number of aryl methyl sites for hydroxylation is 1. The number of aromatic nitrogens is 2. The van der Waals surface area contributed by atoms with Crippen LogP contribution < -0.4 is 5.73 Å². The Bertz CT molecular complexity index is 511. The van der Waals surface area contributed by atoms with E-state index in [0.717, 1.165) is 31.4 Å². The van der Waals surface area contributed by atoms with Gasteiger partial charge < -0.3 is 10.3 Å². The van der Waals surface area contributed by atoms with Crippen molar-refractivity contribution in [3.63, 3.8) is 0 Å². The van der Waals surface area contributed by atoms with Crippen LogP contribution in [0.15, 0.2) is 24.3 Å². The number of hydrogen-bond donors (Lipinski definition) is 1. The van der Waals surface area contributed by atoms with Crippen molar-refractivity contribution in [1.82, 2.24) is 9.55 Å². The highest BCUT2D eigenvalue weighted by molar-refractivity contribution is 5.76. The fourth-order valence-corrected chi connectivity index (χ4v) is 2.40. The zero-order valence-electron chi connectivity index (χ0n) is 10.1. The summed E-state index contributed by atoms with van der Waals surface area (Å²) >= 11 is 0. The zero-order chi connectivity index (χ0) is 11.7. The molecular formula is C14H19N3. The monoisotopic (exact) mass is 229 g/mol. The fraction of sp³-hybridized carbons (Fsp3) is 0.500. The van der Waals surface area contributed by atoms with Crippen molar-refractivity contribution in [2.75, 3.05) is 6.54 Å². The third-order valence-electron chi connectivity index (χ3n) is 3.46. The first-order chi connectivity index (χ1) is 8.40. The molecule has 1 saturated carbocycles. The van der Waals surface area contributed by atoms with Crippen molar-refractivity contribution in [2.24, 2.45) is 5.73 Å². The lowest BCUT2D eigenvalue weighted by molar-refractivity contribution is 0.603. The van der Waals surface area contributed by atoms with Crippen LogP contribution in [-0.2, 0) is 6.54 Å². The molecule has 1 fully saturated rings. The summed E-state index contributed by atoms with van der Waals surface area (Å²) in [5.41, 5.74) is 7.99. The Balaban J connectivity index is 1.96. The van der Waals surface area contributed by atoms with Gasteiger partial charge in [0, 0.05) is 12.5 Å². The topological polar surface area (TPSA) is 43.8 Å². The Kier molecular flexibility index (Phi) is 2.85. The van der Waals surface area contributed by atoms with E-state index >= 15 is 0 Å². The van der Waals surface area contributed by atoms with E-state index in [1.165, 1.54) is 24.2 Å². The summed E-state index contributed by atoms with van der Waals surface area (Å²) in [5, 5.41) is 0. The lowest BCUT2D eigenvalue weighted by Gasteiger charge is -2.07. The van der Waals surface area contributed by atoms with Gasteiger partial charge in [0.2, 0.25) is 0 Å². The molecule has 1 aliphatic carbocycles. The summed E-state index contributed by atoms with van der Waals surface area (Å²) < 4.78 is 2.41. The lowest BCUT2D eigenvalue weighted by atomic mass is 10.2. The van der Waals surface area contributed by atoms with Crippen LogP contribution in [0.2, 0.25) is 0 Å². The molecule has 1 aromatic carbocycles. The normalized spacial score (nSPS) is 15.6. The standard InChI is InChI=1S/C14H19N3/c15-9-3-4-10-17-13-6-2-1-5-12(13)16-14(17)11-7-8-11/h1-2,5-6,11H,3-4,7-10,15H2. The van der Waals surface area contributed by atoms with Crippen LogP contribution in [0.3, 0.4) is 0 Å². The van der Waals surface area contributed by atoms with Gasteiger partial charge in [0.15, 0.2) is 0 Å². The first kappa shape index (κ1) is 10.8. The summed E-state index contributed by atoms with van der Waals surface area (Å²) in [4.78, 5) is 4.79. The summed E-state index contributed by atoms with van der Waals surface area (Å²) in [6, 6.07) is 8.45. The molecular weight excluding hydrogens is 210 g/mol. The van der Waals surface area contributed by atoms with E-state index < -0.39 is 0 Å². The highest BCUT2D eigenvalue weighted by atomic mass is 15.1. The smallest absolute Gasteiger partial charge is 0.112 e. The van der Waals surface area contributed by atoms with E-state index in [2.05, 4.69) is 28.8 Å². The van der Waals surface area contributed by atoms with Gasteiger partial charge in [0.1, 0.15) is 5.82 Å². The largest absolute Gasteiger partial charge is 0.330 e. The number of nitrogens with zero attached hydrogens (tertiary/aromatic N) is 2. The molecule has 0 amide bonds. The Morgan fingerprint density at radius 3 is 2.82 bits per heavy atom. The second-order valence-corrected chi connectivity index (χ2v) is 4.88. The van der Waals surface area contributed by atoms with E-state index in [4.69, 9.17) is 10.7 Å². The maximum Gasteiger partial charge on any atom is 0.112 e. The van der Waals surface area contributed by atoms with E-state index in [9.17, 15) is 0 Å². The molecule has 2 aromatic rings. The molecule has 1 heterocycles. The molecule has 0 atom stereocenters. The van der Waals surface area contributed by atoms with Gasteiger partial charge in [-0.3, -0.25) is 0 Å². The van der Waals surface area contributed by atoms with Gasteiger partial charge in [-0.15, -0.1) is 0 Å². The molecule has 0 unspecified atom stereocenters. The molecule has 3 rings (SSSR count). The van der Waals surface area contributed by atoms with Crippen LogP contribution in [-0.4, -0.2) is 16.1 Å². The number of fused-ring (bicyclic) bond motifs is 1. The number of rotatable bonds is 5. The van der Waals surface area contributed by atoms with Crippen LogP contribution in [0.1, 0.15) is 37.4 Å². The number of imidazole rings is 1. The summed E-state index contributed by atoms with van der Waals surface area (Å²) in [6.45, 7) is 1.84. The maximum absolute atomic E-state index is 5.57. The molecule has 0 radical (unpaired) electrons. The molecule has 0 saturated heterocycles. The quantitative estimate of drug-likeness (QED) is 0.801. The van der Waals surface area contributed by atoms with E-state index in [-0.39, 0.29) is 0 Å². The molecule has 0 spiro atoms. The van der Waals surface area contributed by atoms with Crippen molar-refractivity contribution < 1.29 is 0 Å². The maximum atomic E-state index is 5.57. The van der Waals surface area contributed by atoms with E-state index in [1.807, 2.05) is 0 Å². The van der Waals surface area contributed by atoms with Gasteiger partial charge >= 0.3 is 0 Å². The Morgan fingerprint density at radius 1 is 1.24 bits per heavy atom. The minimum atomic E-state index is 0.709.